The molecule has 0 unspecified atom stereocenters. The molecule has 158 valence electrons. The molecule has 2 aromatic carbocycles. The molecule has 2 heterocycles. The summed E-state index contributed by atoms with van der Waals surface area (Å²) in [6.45, 7) is 3.83. The first-order valence-electron chi connectivity index (χ1n) is 9.70. The molecular weight excluding hydrogens is 416 g/mol. The van der Waals surface area contributed by atoms with E-state index in [1.54, 1.807) is 19.2 Å². The number of nitriles is 1. The molecule has 0 aliphatic carbocycles. The molecule has 0 saturated heterocycles. The summed E-state index contributed by atoms with van der Waals surface area (Å²) in [7, 11) is 1.55. The van der Waals surface area contributed by atoms with Crippen LogP contribution in [0.5, 0.6) is 17.4 Å². The van der Waals surface area contributed by atoms with Gasteiger partial charge in [0.2, 0.25) is 11.8 Å². The van der Waals surface area contributed by atoms with Crippen molar-refractivity contribution in [2.45, 2.75) is 25.9 Å². The average Bonchev–Trinajstić information content (AvgIpc) is 3.17. The molecule has 0 radical (unpaired) electrons. The molecule has 0 fully saturated rings. The van der Waals surface area contributed by atoms with Gasteiger partial charge >= 0.3 is 0 Å². The minimum atomic E-state index is -0.600. The van der Waals surface area contributed by atoms with Gasteiger partial charge in [0.05, 0.1) is 30.4 Å². The first-order valence-corrected chi connectivity index (χ1v) is 10.1. The van der Waals surface area contributed by atoms with E-state index < -0.39 is 5.92 Å². The highest BCUT2D eigenvalue weighted by atomic mass is 35.5. The molecular formula is C23H21ClN4O3. The maximum Gasteiger partial charge on any atom is 0.244 e. The Bertz CT molecular complexity index is 1200. The Kier molecular flexibility index (Phi) is 5.49. The van der Waals surface area contributed by atoms with Crippen LogP contribution in [0.1, 0.15) is 30.9 Å². The Morgan fingerprint density at radius 2 is 1.97 bits per heavy atom. The van der Waals surface area contributed by atoms with Gasteiger partial charge in [0, 0.05) is 11.1 Å². The lowest BCUT2D eigenvalue weighted by Crippen LogP contribution is -2.21. The van der Waals surface area contributed by atoms with Gasteiger partial charge in [0.25, 0.3) is 0 Å². The van der Waals surface area contributed by atoms with Crippen LogP contribution in [0.2, 0.25) is 5.02 Å². The summed E-state index contributed by atoms with van der Waals surface area (Å²) in [5.74, 6) is 0.713. The van der Waals surface area contributed by atoms with Gasteiger partial charge in [-0.2, -0.15) is 5.26 Å². The molecule has 3 N–H and O–H groups in total. The highest BCUT2D eigenvalue weighted by Gasteiger charge is 2.37. The van der Waals surface area contributed by atoms with E-state index in [1.807, 2.05) is 44.2 Å². The molecule has 0 bridgehead atoms. The van der Waals surface area contributed by atoms with Crippen LogP contribution in [-0.4, -0.2) is 23.4 Å². The summed E-state index contributed by atoms with van der Waals surface area (Å²) < 4.78 is 17.0. The third kappa shape index (κ3) is 3.66. The molecule has 0 saturated carbocycles. The van der Waals surface area contributed by atoms with Gasteiger partial charge in [-0.15, -0.1) is 5.10 Å². The van der Waals surface area contributed by atoms with Crippen LogP contribution in [0.3, 0.4) is 0 Å². The number of aromatic amines is 1. The van der Waals surface area contributed by atoms with E-state index in [-0.39, 0.29) is 17.6 Å². The van der Waals surface area contributed by atoms with Gasteiger partial charge < -0.3 is 19.9 Å². The molecule has 1 aliphatic heterocycles. The fourth-order valence-corrected chi connectivity index (χ4v) is 3.92. The van der Waals surface area contributed by atoms with E-state index >= 15 is 0 Å². The molecule has 1 atom stereocenters. The van der Waals surface area contributed by atoms with Gasteiger partial charge in [0.15, 0.2) is 11.5 Å². The fraction of sp³-hybridized carbons (Fsp3) is 0.217. The normalized spacial score (nSPS) is 15.3. The highest BCUT2D eigenvalue weighted by molar-refractivity contribution is 6.31. The number of nitrogens with one attached hydrogen (secondary N) is 1. The second kappa shape index (κ2) is 8.25. The van der Waals surface area contributed by atoms with Crippen LogP contribution in [-0.2, 0) is 0 Å². The van der Waals surface area contributed by atoms with E-state index in [0.717, 1.165) is 11.3 Å². The number of hydrogen-bond donors (Lipinski definition) is 2. The summed E-state index contributed by atoms with van der Waals surface area (Å²) in [4.78, 5) is 0. The third-order valence-corrected chi connectivity index (χ3v) is 5.29. The minimum absolute atomic E-state index is 0.0105. The monoisotopic (exact) mass is 436 g/mol. The predicted molar refractivity (Wildman–Crippen MR) is 117 cm³/mol. The largest absolute Gasteiger partial charge is 0.493 e. The second-order valence-corrected chi connectivity index (χ2v) is 7.71. The number of ether oxygens (including phenoxy) is 3. The number of aromatic nitrogens is 2. The minimum Gasteiger partial charge on any atom is -0.493 e. The van der Waals surface area contributed by atoms with Gasteiger partial charge in [-0.05, 0) is 31.0 Å². The summed E-state index contributed by atoms with van der Waals surface area (Å²) in [5, 5.41) is 17.6. The molecule has 0 spiro atoms. The number of allylic oxidation sites excluding steroid dienone is 1. The number of halogens is 1. The zero-order valence-corrected chi connectivity index (χ0v) is 18.0. The molecule has 8 heteroatoms. The molecule has 31 heavy (non-hydrogen) atoms. The maximum absolute atomic E-state index is 9.91. The molecule has 1 aromatic heterocycles. The lowest BCUT2D eigenvalue weighted by atomic mass is 9.83. The second-order valence-electron chi connectivity index (χ2n) is 7.30. The highest BCUT2D eigenvalue weighted by Crippen LogP contribution is 2.49. The van der Waals surface area contributed by atoms with Crippen LogP contribution in [0.15, 0.2) is 53.9 Å². The SMILES string of the molecule is COc1cc([C@@H]2C(C#N)=C(N)Oc3n[nH]c(-c4ccccc4)c32)c(Cl)cc1OC(C)C. The summed E-state index contributed by atoms with van der Waals surface area (Å²) >= 11 is 6.70. The number of nitrogens with zero attached hydrogens (tertiary/aromatic N) is 2. The van der Waals surface area contributed by atoms with Gasteiger partial charge in [-0.3, -0.25) is 5.10 Å². The standard InChI is InChI=1S/C23H21ClN4O3/c1-12(2)30-18-10-16(24)14(9-17(18)29-3)19-15(11-25)22(26)31-23-20(19)21(27-28-23)13-7-5-4-6-8-13/h4-10,12,19H,26H2,1-3H3,(H,27,28)/t19-/m1/s1. The molecule has 3 aromatic rings. The smallest absolute Gasteiger partial charge is 0.244 e. The Labute approximate surface area is 185 Å². The Balaban J connectivity index is 1.95. The van der Waals surface area contributed by atoms with Crippen LogP contribution in [0.4, 0.5) is 0 Å². The topological polar surface area (TPSA) is 106 Å². The average molecular weight is 437 g/mol. The van der Waals surface area contributed by atoms with E-state index in [0.29, 0.717) is 33.5 Å². The fourth-order valence-electron chi connectivity index (χ4n) is 3.66. The lowest BCUT2D eigenvalue weighted by Gasteiger charge is -2.26. The number of H-pyrrole nitrogens is 1. The van der Waals surface area contributed by atoms with Gasteiger partial charge in [0.1, 0.15) is 11.6 Å². The van der Waals surface area contributed by atoms with Crippen molar-refractivity contribution < 1.29 is 14.2 Å². The van der Waals surface area contributed by atoms with E-state index in [2.05, 4.69) is 16.3 Å². The zero-order valence-electron chi connectivity index (χ0n) is 17.3. The van der Waals surface area contributed by atoms with Crippen LogP contribution >= 0.6 is 11.6 Å². The van der Waals surface area contributed by atoms with Gasteiger partial charge in [-0.25, -0.2) is 0 Å². The quantitative estimate of drug-likeness (QED) is 0.598. The first kappa shape index (κ1) is 20.6. The molecule has 1 aliphatic rings. The van der Waals surface area contributed by atoms with E-state index in [4.69, 9.17) is 31.5 Å². The van der Waals surface area contributed by atoms with Crippen molar-refractivity contribution in [3.63, 3.8) is 0 Å². The van der Waals surface area contributed by atoms with E-state index in [9.17, 15) is 5.26 Å². The van der Waals surface area contributed by atoms with Crippen LogP contribution < -0.4 is 19.9 Å². The van der Waals surface area contributed by atoms with Crippen molar-refractivity contribution >= 4 is 11.6 Å². The van der Waals surface area contributed by atoms with E-state index in [1.165, 1.54) is 0 Å². The summed E-state index contributed by atoms with van der Waals surface area (Å²) in [6.07, 6.45) is -0.0609. The van der Waals surface area contributed by atoms with Crippen molar-refractivity contribution in [1.82, 2.24) is 10.2 Å². The van der Waals surface area contributed by atoms with Crippen molar-refractivity contribution in [3.05, 3.63) is 70.1 Å². The first-order chi connectivity index (χ1) is 14.9. The Hall–Kier alpha value is -3.63. The number of nitrogens with two attached hydrogens (primary N) is 1. The summed E-state index contributed by atoms with van der Waals surface area (Å²) in [5.41, 5.74) is 9.25. The number of methoxy groups -OCH3 is 1. The van der Waals surface area contributed by atoms with Gasteiger partial charge in [-0.1, -0.05) is 41.9 Å². The van der Waals surface area contributed by atoms with Crippen LogP contribution in [0, 0.1) is 11.3 Å². The van der Waals surface area contributed by atoms with Crippen molar-refractivity contribution in [3.8, 4) is 34.7 Å². The Morgan fingerprint density at radius 3 is 2.61 bits per heavy atom. The van der Waals surface area contributed by atoms with Crippen molar-refractivity contribution in [1.29, 1.82) is 5.26 Å². The van der Waals surface area contributed by atoms with Crippen LogP contribution in [0.25, 0.3) is 11.3 Å². The number of benzene rings is 2. The number of hydrogen-bond acceptors (Lipinski definition) is 6. The maximum atomic E-state index is 9.91. The third-order valence-electron chi connectivity index (χ3n) is 4.96. The summed E-state index contributed by atoms with van der Waals surface area (Å²) in [6, 6.07) is 15.3. The molecule has 0 amide bonds. The lowest BCUT2D eigenvalue weighted by molar-refractivity contribution is 0.230. The molecule has 7 nitrogen and oxygen atoms in total. The van der Waals surface area contributed by atoms with Crippen molar-refractivity contribution in [2.75, 3.05) is 7.11 Å². The zero-order chi connectivity index (χ0) is 22.1. The number of rotatable bonds is 5. The predicted octanol–water partition coefficient (Wildman–Crippen LogP) is 4.74. The number of fused-ring (bicyclic) bond motifs is 1. The Morgan fingerprint density at radius 1 is 1.23 bits per heavy atom. The molecule has 4 rings (SSSR count). The van der Waals surface area contributed by atoms with Crippen molar-refractivity contribution in [2.24, 2.45) is 5.73 Å².